The van der Waals surface area contributed by atoms with E-state index in [4.69, 9.17) is 13.8 Å². The smallest absolute Gasteiger partial charge is 0.306 e. The van der Waals surface area contributed by atoms with Crippen LogP contribution in [0.2, 0.25) is 0 Å². The molecule has 0 aromatic carbocycles. The van der Waals surface area contributed by atoms with Gasteiger partial charge in [0.1, 0.15) is 19.3 Å². The predicted molar refractivity (Wildman–Crippen MR) is 362 cm³/mol. The molecule has 1 N–H and O–H groups in total. The summed E-state index contributed by atoms with van der Waals surface area (Å²) in [6, 6.07) is -0.898. The Bertz CT molecular complexity index is 1710. The van der Waals surface area contributed by atoms with Crippen molar-refractivity contribution < 1.29 is 37.3 Å². The van der Waals surface area contributed by atoms with E-state index in [0.717, 1.165) is 96.3 Å². The first-order valence-electron chi connectivity index (χ1n) is 35.4. The molecule has 0 bridgehead atoms. The summed E-state index contributed by atoms with van der Waals surface area (Å²) in [7, 11) is 1.18. The van der Waals surface area contributed by atoms with Crippen LogP contribution < -0.4 is 10.2 Å². The number of nitrogens with zero attached hydrogens (tertiary/aromatic N) is 1. The molecule has 10 heteroatoms. The molecule has 0 fully saturated rings. The number of nitrogens with one attached hydrogen (secondary N) is 1. The van der Waals surface area contributed by atoms with Crippen LogP contribution in [0.4, 0.5) is 0 Å². The second-order valence-electron chi connectivity index (χ2n) is 25.0. The zero-order valence-electron chi connectivity index (χ0n) is 55.8. The molecule has 0 aromatic rings. The normalized spacial score (nSPS) is 14.0. The van der Waals surface area contributed by atoms with Crippen LogP contribution in [0.25, 0.3) is 0 Å². The van der Waals surface area contributed by atoms with Gasteiger partial charge in [0.25, 0.3) is 7.82 Å². The van der Waals surface area contributed by atoms with Crippen LogP contribution in [0.1, 0.15) is 323 Å². The molecular weight excluding hydrogens is 1060 g/mol. The van der Waals surface area contributed by atoms with Crippen molar-refractivity contribution in [2.45, 2.75) is 335 Å². The highest BCUT2D eigenvalue weighted by Crippen LogP contribution is 2.38. The summed E-state index contributed by atoms with van der Waals surface area (Å²) in [4.78, 5) is 40.2. The highest BCUT2D eigenvalue weighted by atomic mass is 31.2. The zero-order chi connectivity index (χ0) is 61.4. The summed E-state index contributed by atoms with van der Waals surface area (Å²) in [5.74, 6) is -0.548. The highest BCUT2D eigenvalue weighted by Gasteiger charge is 2.27. The molecule has 0 saturated heterocycles. The van der Waals surface area contributed by atoms with Crippen molar-refractivity contribution in [3.05, 3.63) is 85.1 Å². The van der Waals surface area contributed by atoms with Gasteiger partial charge in [0.15, 0.2) is 0 Å². The first-order valence-corrected chi connectivity index (χ1v) is 36.9. The maximum Gasteiger partial charge on any atom is 0.306 e. The van der Waals surface area contributed by atoms with Gasteiger partial charge in [-0.05, 0) is 109 Å². The van der Waals surface area contributed by atoms with E-state index in [1.165, 1.54) is 193 Å². The van der Waals surface area contributed by atoms with E-state index in [-0.39, 0.29) is 24.9 Å². The quantitative estimate of drug-likeness (QED) is 0.0212. The van der Waals surface area contributed by atoms with Crippen molar-refractivity contribution in [1.82, 2.24) is 5.32 Å². The molecule has 488 valence electrons. The molecular formula is C74H135N2O7P. The van der Waals surface area contributed by atoms with Crippen LogP contribution >= 0.6 is 7.82 Å². The van der Waals surface area contributed by atoms with E-state index in [1.807, 2.05) is 33.3 Å². The number of esters is 1. The molecule has 0 heterocycles. The van der Waals surface area contributed by atoms with E-state index >= 15 is 0 Å². The first-order chi connectivity index (χ1) is 40.9. The van der Waals surface area contributed by atoms with Gasteiger partial charge in [-0.15, -0.1) is 0 Å². The summed E-state index contributed by atoms with van der Waals surface area (Å²) >= 11 is 0. The molecule has 0 spiro atoms. The van der Waals surface area contributed by atoms with Crippen molar-refractivity contribution in [3.63, 3.8) is 0 Å². The number of amides is 1. The number of phosphoric ester groups is 1. The topological polar surface area (TPSA) is 114 Å². The Labute approximate surface area is 520 Å². The van der Waals surface area contributed by atoms with Gasteiger partial charge in [-0.25, -0.2) is 0 Å². The maximum absolute atomic E-state index is 13.6. The van der Waals surface area contributed by atoms with Gasteiger partial charge in [0.05, 0.1) is 33.8 Å². The lowest BCUT2D eigenvalue weighted by atomic mass is 10.0. The van der Waals surface area contributed by atoms with Gasteiger partial charge in [-0.3, -0.25) is 14.2 Å². The SMILES string of the molecule is CCCCC/C=C\C/C=C\C/C=C\C/C=C\CCCCCCCCCC(=O)OC(/C=C/CCCCCCCCCCCC)C(COP(=O)([O-])OCC[N+](C)(C)C)NC(=O)CCCCCCCCCCCCCCC/C=C\C/C=C\CCCCC. The Hall–Kier alpha value is -2.81. The lowest BCUT2D eigenvalue weighted by Crippen LogP contribution is -2.47. The van der Waals surface area contributed by atoms with Gasteiger partial charge < -0.3 is 28.5 Å². The molecule has 0 aliphatic rings. The molecule has 0 aromatic heterocycles. The number of phosphoric acid groups is 1. The third-order valence-corrected chi connectivity index (χ3v) is 16.5. The average molecular weight is 1200 g/mol. The molecule has 84 heavy (non-hydrogen) atoms. The Balaban J connectivity index is 5.11. The number of carbonyl (C=O) groups is 2. The van der Waals surface area contributed by atoms with E-state index in [9.17, 15) is 19.0 Å². The number of hydrogen-bond acceptors (Lipinski definition) is 7. The van der Waals surface area contributed by atoms with Crippen LogP contribution in [0.5, 0.6) is 0 Å². The second kappa shape index (κ2) is 63.2. The molecule has 3 atom stereocenters. The standard InChI is InChI=1S/C74H135N2O7P/c1-7-10-13-16-19-22-25-28-30-32-34-36-38-40-42-44-46-48-51-54-57-60-63-66-73(77)75-71(70-82-84(79,80)81-69-68-76(4,5)6)72(65-62-59-56-53-50-27-24-21-18-15-12-9-3)83-74(78)67-64-61-58-55-52-49-47-45-43-41-39-37-35-33-31-29-26-23-20-17-14-11-8-2/h19-20,22-23,28-31,35,37,41,43,62,65,71-72H,7-18,21,24-27,32-34,36,38-40,42,44-61,63-64,66-70H2,1-6H3,(H-,75,77,79,80)/b22-19-,23-20-,30-28-,31-29-,37-35-,43-41-,65-62+. The zero-order valence-corrected chi connectivity index (χ0v) is 56.7. The van der Waals surface area contributed by atoms with Crippen molar-refractivity contribution in [2.24, 2.45) is 0 Å². The summed E-state index contributed by atoms with van der Waals surface area (Å²) in [5, 5.41) is 3.04. The lowest BCUT2D eigenvalue weighted by Gasteiger charge is -2.30. The minimum Gasteiger partial charge on any atom is -0.756 e. The summed E-state index contributed by atoms with van der Waals surface area (Å²) in [6.45, 7) is 6.81. The van der Waals surface area contributed by atoms with Crippen molar-refractivity contribution >= 4 is 19.7 Å². The molecule has 3 unspecified atom stereocenters. The van der Waals surface area contributed by atoms with Crippen molar-refractivity contribution in [3.8, 4) is 0 Å². The van der Waals surface area contributed by atoms with Crippen LogP contribution in [-0.2, 0) is 27.9 Å². The summed E-state index contributed by atoms with van der Waals surface area (Å²) in [6.07, 6.45) is 84.1. The molecule has 0 saturated carbocycles. The summed E-state index contributed by atoms with van der Waals surface area (Å²) < 4.78 is 30.4. The number of rotatable bonds is 64. The Morgan fingerprint density at radius 3 is 1.11 bits per heavy atom. The number of unbranched alkanes of at least 4 members (excludes halogenated alkanes) is 36. The van der Waals surface area contributed by atoms with E-state index in [2.05, 4.69) is 99.0 Å². The van der Waals surface area contributed by atoms with Gasteiger partial charge in [-0.1, -0.05) is 286 Å². The number of allylic oxidation sites excluding steroid dienone is 13. The Morgan fingerprint density at radius 2 is 0.726 bits per heavy atom. The monoisotopic (exact) mass is 1200 g/mol. The van der Waals surface area contributed by atoms with E-state index in [0.29, 0.717) is 17.4 Å². The summed E-state index contributed by atoms with van der Waals surface area (Å²) in [5.41, 5.74) is 0. The van der Waals surface area contributed by atoms with Gasteiger partial charge >= 0.3 is 5.97 Å². The number of carbonyl (C=O) groups excluding carboxylic acids is 2. The molecule has 0 aliphatic carbocycles. The molecule has 9 nitrogen and oxygen atoms in total. The maximum atomic E-state index is 13.6. The molecule has 0 rings (SSSR count). The van der Waals surface area contributed by atoms with Crippen molar-refractivity contribution in [2.75, 3.05) is 40.9 Å². The minimum absolute atomic E-state index is 0.0267. The molecule has 0 aliphatic heterocycles. The Morgan fingerprint density at radius 1 is 0.417 bits per heavy atom. The van der Waals surface area contributed by atoms with Crippen LogP contribution in [0.15, 0.2) is 85.1 Å². The molecule has 0 radical (unpaired) electrons. The fourth-order valence-corrected chi connectivity index (χ4v) is 10.8. The number of quaternary nitrogens is 1. The van der Waals surface area contributed by atoms with Gasteiger partial charge in [0.2, 0.25) is 5.91 Å². The van der Waals surface area contributed by atoms with E-state index in [1.54, 1.807) is 0 Å². The number of hydrogen-bond donors (Lipinski definition) is 1. The third-order valence-electron chi connectivity index (χ3n) is 15.5. The average Bonchev–Trinajstić information content (AvgIpc) is 3.65. The number of ether oxygens (including phenoxy) is 1. The second-order valence-corrected chi connectivity index (χ2v) is 26.4. The number of likely N-dealkylation sites (N-methyl/N-ethyl adjacent to an activating group) is 1. The van der Waals surface area contributed by atoms with Crippen LogP contribution in [0.3, 0.4) is 0 Å². The largest absolute Gasteiger partial charge is 0.756 e. The fourth-order valence-electron chi connectivity index (χ4n) is 10.1. The molecule has 1 amide bonds. The predicted octanol–water partition coefficient (Wildman–Crippen LogP) is 21.9. The van der Waals surface area contributed by atoms with Crippen LogP contribution in [0, 0.1) is 0 Å². The third kappa shape index (κ3) is 63.7. The van der Waals surface area contributed by atoms with E-state index < -0.39 is 26.6 Å². The van der Waals surface area contributed by atoms with Gasteiger partial charge in [0, 0.05) is 12.8 Å². The Kier molecular flexibility index (Phi) is 61.1. The fraction of sp³-hybridized carbons (Fsp3) is 0.784. The minimum atomic E-state index is -4.71. The highest BCUT2D eigenvalue weighted by molar-refractivity contribution is 7.45. The van der Waals surface area contributed by atoms with Crippen LogP contribution in [-0.4, -0.2) is 69.4 Å². The van der Waals surface area contributed by atoms with Gasteiger partial charge in [-0.2, -0.15) is 0 Å². The van der Waals surface area contributed by atoms with Crippen molar-refractivity contribution in [1.29, 1.82) is 0 Å². The lowest BCUT2D eigenvalue weighted by molar-refractivity contribution is -0.870. The first kappa shape index (κ1) is 81.2.